The molecular formula is C15H10BrF2N5O. The van der Waals surface area contributed by atoms with Gasteiger partial charge in [0.05, 0.1) is 5.69 Å². The van der Waals surface area contributed by atoms with Gasteiger partial charge in [0, 0.05) is 16.1 Å². The summed E-state index contributed by atoms with van der Waals surface area (Å²) in [5, 5.41) is 13.6. The molecule has 6 nitrogen and oxygen atoms in total. The standard InChI is InChI=1S/C15H10BrF2N5O/c16-10-3-1-9(2-4-10)15-20-21-22-23(15)8-14(24)19-13-6-5-11(17)7-12(13)18/h1-7H,8H2,(H,19,24). The summed E-state index contributed by atoms with van der Waals surface area (Å²) < 4.78 is 28.6. The second-order valence-corrected chi connectivity index (χ2v) is 5.76. The van der Waals surface area contributed by atoms with Crippen molar-refractivity contribution in [3.63, 3.8) is 0 Å². The van der Waals surface area contributed by atoms with Gasteiger partial charge in [-0.2, -0.15) is 0 Å². The van der Waals surface area contributed by atoms with Gasteiger partial charge in [-0.3, -0.25) is 4.79 Å². The topological polar surface area (TPSA) is 72.7 Å². The van der Waals surface area contributed by atoms with Crippen molar-refractivity contribution in [3.05, 3.63) is 58.6 Å². The highest BCUT2D eigenvalue weighted by molar-refractivity contribution is 9.10. The van der Waals surface area contributed by atoms with Gasteiger partial charge < -0.3 is 5.32 Å². The minimum absolute atomic E-state index is 0.111. The highest BCUT2D eigenvalue weighted by atomic mass is 79.9. The molecule has 0 atom stereocenters. The van der Waals surface area contributed by atoms with Gasteiger partial charge in [0.2, 0.25) is 5.91 Å². The fourth-order valence-electron chi connectivity index (χ4n) is 2.03. The molecule has 0 saturated heterocycles. The molecule has 9 heteroatoms. The average molecular weight is 394 g/mol. The molecule has 0 aliphatic carbocycles. The van der Waals surface area contributed by atoms with Crippen LogP contribution in [0.3, 0.4) is 0 Å². The maximum Gasteiger partial charge on any atom is 0.246 e. The Labute approximate surface area is 143 Å². The van der Waals surface area contributed by atoms with Crippen LogP contribution in [0.2, 0.25) is 0 Å². The third kappa shape index (κ3) is 3.62. The van der Waals surface area contributed by atoms with Gasteiger partial charge in [0.15, 0.2) is 5.82 Å². The van der Waals surface area contributed by atoms with Gasteiger partial charge in [0.1, 0.15) is 18.2 Å². The first-order valence-electron chi connectivity index (χ1n) is 6.80. The number of hydrogen-bond donors (Lipinski definition) is 1. The number of halogens is 3. The Morgan fingerprint density at radius 3 is 2.62 bits per heavy atom. The monoisotopic (exact) mass is 393 g/mol. The first-order valence-corrected chi connectivity index (χ1v) is 7.59. The van der Waals surface area contributed by atoms with Crippen molar-refractivity contribution in [1.29, 1.82) is 0 Å². The summed E-state index contributed by atoms with van der Waals surface area (Å²) in [5.74, 6) is -1.71. The number of aromatic nitrogens is 4. The van der Waals surface area contributed by atoms with Crippen LogP contribution in [0.25, 0.3) is 11.4 Å². The first-order chi connectivity index (χ1) is 11.5. The minimum atomic E-state index is -0.854. The minimum Gasteiger partial charge on any atom is -0.322 e. The number of anilines is 1. The van der Waals surface area contributed by atoms with Crippen LogP contribution in [0.4, 0.5) is 14.5 Å². The Balaban J connectivity index is 1.76. The summed E-state index contributed by atoms with van der Waals surface area (Å²) in [7, 11) is 0. The average Bonchev–Trinajstić information content (AvgIpc) is 2.99. The molecule has 0 bridgehead atoms. The fourth-order valence-corrected chi connectivity index (χ4v) is 2.30. The van der Waals surface area contributed by atoms with Crippen LogP contribution in [0.5, 0.6) is 0 Å². The third-order valence-electron chi connectivity index (χ3n) is 3.13. The number of benzene rings is 2. The normalized spacial score (nSPS) is 10.6. The number of nitrogens with one attached hydrogen (secondary N) is 1. The molecule has 122 valence electrons. The molecule has 3 aromatic rings. The lowest BCUT2D eigenvalue weighted by atomic mass is 10.2. The number of carbonyl (C=O) groups excluding carboxylic acids is 1. The Bertz CT molecular complexity index is 882. The molecule has 2 aromatic carbocycles. The molecule has 24 heavy (non-hydrogen) atoms. The number of nitrogens with zero attached hydrogens (tertiary/aromatic N) is 4. The SMILES string of the molecule is O=C(Cn1nnnc1-c1ccc(Br)cc1)Nc1ccc(F)cc1F. The van der Waals surface area contributed by atoms with Crippen LogP contribution in [0.1, 0.15) is 0 Å². The van der Waals surface area contributed by atoms with Crippen molar-refractivity contribution < 1.29 is 13.6 Å². The highest BCUT2D eigenvalue weighted by Gasteiger charge is 2.14. The number of tetrazole rings is 1. The molecule has 0 spiro atoms. The fraction of sp³-hybridized carbons (Fsp3) is 0.0667. The van der Waals surface area contributed by atoms with Gasteiger partial charge in [0.25, 0.3) is 0 Å². The van der Waals surface area contributed by atoms with Gasteiger partial charge in [-0.1, -0.05) is 28.1 Å². The molecule has 1 aromatic heterocycles. The van der Waals surface area contributed by atoms with E-state index in [0.717, 1.165) is 22.2 Å². The molecule has 1 amide bonds. The van der Waals surface area contributed by atoms with E-state index in [2.05, 4.69) is 36.8 Å². The lowest BCUT2D eigenvalue weighted by Gasteiger charge is -2.07. The molecular weight excluding hydrogens is 384 g/mol. The lowest BCUT2D eigenvalue weighted by molar-refractivity contribution is -0.116. The zero-order valence-electron chi connectivity index (χ0n) is 12.1. The molecule has 0 fully saturated rings. The van der Waals surface area contributed by atoms with E-state index in [1.165, 1.54) is 4.68 Å². The summed E-state index contributed by atoms with van der Waals surface area (Å²) in [4.78, 5) is 12.1. The number of amides is 1. The summed E-state index contributed by atoms with van der Waals surface area (Å²) in [6.45, 7) is -0.213. The van der Waals surface area contributed by atoms with E-state index >= 15 is 0 Å². The van der Waals surface area contributed by atoms with Gasteiger partial charge in [-0.15, -0.1) is 5.10 Å². The Kier molecular flexibility index (Phi) is 4.61. The molecule has 0 aliphatic rings. The summed E-state index contributed by atoms with van der Waals surface area (Å²) in [6, 6.07) is 10.1. The molecule has 0 aliphatic heterocycles. The largest absolute Gasteiger partial charge is 0.322 e. The Morgan fingerprint density at radius 1 is 1.17 bits per heavy atom. The van der Waals surface area contributed by atoms with E-state index in [-0.39, 0.29) is 12.2 Å². The van der Waals surface area contributed by atoms with Crippen LogP contribution in [-0.4, -0.2) is 26.1 Å². The maximum absolute atomic E-state index is 13.6. The molecule has 0 saturated carbocycles. The second kappa shape index (κ2) is 6.83. The number of rotatable bonds is 4. The van der Waals surface area contributed by atoms with E-state index in [9.17, 15) is 13.6 Å². The van der Waals surface area contributed by atoms with Crippen molar-refractivity contribution in [1.82, 2.24) is 20.2 Å². The van der Waals surface area contributed by atoms with E-state index in [0.29, 0.717) is 11.9 Å². The number of hydrogen-bond acceptors (Lipinski definition) is 4. The summed E-state index contributed by atoms with van der Waals surface area (Å²) in [6.07, 6.45) is 0. The van der Waals surface area contributed by atoms with Crippen molar-refractivity contribution >= 4 is 27.5 Å². The van der Waals surface area contributed by atoms with Gasteiger partial charge in [-0.05, 0) is 34.7 Å². The second-order valence-electron chi connectivity index (χ2n) is 4.84. The quantitative estimate of drug-likeness (QED) is 0.739. The van der Waals surface area contributed by atoms with E-state index in [1.807, 2.05) is 12.1 Å². The van der Waals surface area contributed by atoms with Crippen molar-refractivity contribution in [2.75, 3.05) is 5.32 Å². The first kappa shape index (κ1) is 16.2. The van der Waals surface area contributed by atoms with Crippen molar-refractivity contribution in [2.24, 2.45) is 0 Å². The van der Waals surface area contributed by atoms with Crippen molar-refractivity contribution in [3.8, 4) is 11.4 Å². The van der Waals surface area contributed by atoms with Gasteiger partial charge in [-0.25, -0.2) is 13.5 Å². The smallest absolute Gasteiger partial charge is 0.246 e. The predicted octanol–water partition coefficient (Wildman–Crippen LogP) is 3.02. The molecule has 0 unspecified atom stereocenters. The molecule has 0 radical (unpaired) electrons. The highest BCUT2D eigenvalue weighted by Crippen LogP contribution is 2.19. The van der Waals surface area contributed by atoms with E-state index < -0.39 is 17.5 Å². The number of carbonyl (C=O) groups is 1. The van der Waals surface area contributed by atoms with Crippen LogP contribution in [-0.2, 0) is 11.3 Å². The predicted molar refractivity (Wildman–Crippen MR) is 85.9 cm³/mol. The summed E-state index contributed by atoms with van der Waals surface area (Å²) >= 11 is 3.33. The third-order valence-corrected chi connectivity index (χ3v) is 3.66. The van der Waals surface area contributed by atoms with Crippen LogP contribution < -0.4 is 5.32 Å². The Hall–Kier alpha value is -2.68. The lowest BCUT2D eigenvalue weighted by Crippen LogP contribution is -2.21. The van der Waals surface area contributed by atoms with E-state index in [1.54, 1.807) is 12.1 Å². The van der Waals surface area contributed by atoms with Crippen molar-refractivity contribution in [2.45, 2.75) is 6.54 Å². The maximum atomic E-state index is 13.6. The van der Waals surface area contributed by atoms with Crippen LogP contribution in [0, 0.1) is 11.6 Å². The molecule has 1 heterocycles. The van der Waals surface area contributed by atoms with E-state index in [4.69, 9.17) is 0 Å². The van der Waals surface area contributed by atoms with Gasteiger partial charge >= 0.3 is 0 Å². The zero-order valence-corrected chi connectivity index (χ0v) is 13.7. The Morgan fingerprint density at radius 2 is 1.92 bits per heavy atom. The molecule has 3 rings (SSSR count). The van der Waals surface area contributed by atoms with Crippen LogP contribution in [0.15, 0.2) is 46.9 Å². The molecule has 1 N–H and O–H groups in total. The zero-order chi connectivity index (χ0) is 17.1. The van der Waals surface area contributed by atoms with Crippen LogP contribution >= 0.6 is 15.9 Å². The summed E-state index contributed by atoms with van der Waals surface area (Å²) in [5.41, 5.74) is 0.614.